The summed E-state index contributed by atoms with van der Waals surface area (Å²) in [6.45, 7) is 0.408. The Morgan fingerprint density at radius 2 is 2.39 bits per heavy atom. The second-order valence-electron chi connectivity index (χ2n) is 4.59. The second kappa shape index (κ2) is 5.87. The molecule has 1 aromatic carbocycles. The van der Waals surface area contributed by atoms with E-state index in [9.17, 15) is 4.79 Å². The van der Waals surface area contributed by atoms with Crippen LogP contribution in [0.15, 0.2) is 18.2 Å². The first-order valence-electron chi connectivity index (χ1n) is 6.43. The molecule has 4 heteroatoms. The van der Waals surface area contributed by atoms with Gasteiger partial charge in [-0.15, -0.1) is 0 Å². The molecule has 1 aliphatic carbocycles. The molecule has 0 spiro atoms. The summed E-state index contributed by atoms with van der Waals surface area (Å²) < 4.78 is 5.71. The van der Waals surface area contributed by atoms with E-state index in [4.69, 9.17) is 10.5 Å². The van der Waals surface area contributed by atoms with Crippen LogP contribution >= 0.6 is 0 Å². The number of amides is 1. The Morgan fingerprint density at radius 3 is 3.17 bits per heavy atom. The fourth-order valence-electron chi connectivity index (χ4n) is 2.37. The van der Waals surface area contributed by atoms with E-state index < -0.39 is 0 Å². The van der Waals surface area contributed by atoms with Gasteiger partial charge in [-0.05, 0) is 36.5 Å². The van der Waals surface area contributed by atoms with Crippen LogP contribution in [0.2, 0.25) is 0 Å². The zero-order valence-corrected chi connectivity index (χ0v) is 10.7. The molecule has 0 aliphatic heterocycles. The molecule has 0 heterocycles. The lowest BCUT2D eigenvalue weighted by Crippen LogP contribution is -2.21. The molecule has 0 fully saturated rings. The van der Waals surface area contributed by atoms with Crippen molar-refractivity contribution in [3.63, 3.8) is 0 Å². The number of hydrogen-bond acceptors (Lipinski definition) is 3. The van der Waals surface area contributed by atoms with E-state index in [-0.39, 0.29) is 11.9 Å². The van der Waals surface area contributed by atoms with Gasteiger partial charge in [0.15, 0.2) is 0 Å². The van der Waals surface area contributed by atoms with E-state index in [2.05, 4.69) is 11.4 Å². The monoisotopic (exact) mass is 248 g/mol. The summed E-state index contributed by atoms with van der Waals surface area (Å²) in [5.41, 5.74) is 8.50. The average molecular weight is 248 g/mol. The number of fused-ring (bicyclic) bond motifs is 1. The maximum atomic E-state index is 11.1. The largest absolute Gasteiger partial charge is 0.493 e. The Balaban J connectivity index is 2.05. The highest BCUT2D eigenvalue weighted by molar-refractivity contribution is 5.75. The SMILES string of the molecule is CNC(=O)CCOc1cccc2c1CCCC2N. The molecule has 0 saturated carbocycles. The van der Waals surface area contributed by atoms with Gasteiger partial charge in [0.1, 0.15) is 5.75 Å². The third-order valence-corrected chi connectivity index (χ3v) is 3.38. The highest BCUT2D eigenvalue weighted by Crippen LogP contribution is 2.33. The smallest absolute Gasteiger partial charge is 0.223 e. The molecule has 0 bridgehead atoms. The molecule has 0 saturated heterocycles. The number of benzene rings is 1. The average Bonchev–Trinajstić information content (AvgIpc) is 2.39. The topological polar surface area (TPSA) is 64.3 Å². The van der Waals surface area contributed by atoms with Crippen LogP contribution in [-0.2, 0) is 11.2 Å². The molecule has 0 aromatic heterocycles. The number of nitrogens with two attached hydrogens (primary N) is 1. The minimum atomic E-state index is -0.00324. The highest BCUT2D eigenvalue weighted by atomic mass is 16.5. The fourth-order valence-corrected chi connectivity index (χ4v) is 2.37. The van der Waals surface area contributed by atoms with Crippen LogP contribution in [-0.4, -0.2) is 19.6 Å². The van der Waals surface area contributed by atoms with E-state index in [1.54, 1.807) is 7.05 Å². The molecule has 0 radical (unpaired) electrons. The molecule has 3 N–H and O–H groups in total. The summed E-state index contributed by atoms with van der Waals surface area (Å²) in [6, 6.07) is 6.13. The normalized spacial score (nSPS) is 18.0. The number of carbonyl (C=O) groups excluding carboxylic acids is 1. The Bertz CT molecular complexity index is 432. The van der Waals surface area contributed by atoms with Crippen molar-refractivity contribution in [2.45, 2.75) is 31.7 Å². The number of carbonyl (C=O) groups is 1. The van der Waals surface area contributed by atoms with Gasteiger partial charge in [0, 0.05) is 13.1 Å². The number of nitrogens with one attached hydrogen (secondary N) is 1. The van der Waals surface area contributed by atoms with Gasteiger partial charge in [0.05, 0.1) is 13.0 Å². The van der Waals surface area contributed by atoms with E-state index >= 15 is 0 Å². The molecular formula is C14H20N2O2. The van der Waals surface area contributed by atoms with Gasteiger partial charge < -0.3 is 15.8 Å². The van der Waals surface area contributed by atoms with Crippen molar-refractivity contribution in [1.29, 1.82) is 0 Å². The Kier molecular flexibility index (Phi) is 4.20. The third kappa shape index (κ3) is 2.82. The molecule has 1 aromatic rings. The van der Waals surface area contributed by atoms with Crippen molar-refractivity contribution in [3.05, 3.63) is 29.3 Å². The summed E-state index contributed by atoms with van der Waals surface area (Å²) in [5, 5.41) is 2.58. The van der Waals surface area contributed by atoms with Crippen molar-refractivity contribution in [1.82, 2.24) is 5.32 Å². The Morgan fingerprint density at radius 1 is 1.56 bits per heavy atom. The molecule has 1 aliphatic rings. The van der Waals surface area contributed by atoms with Crippen LogP contribution in [0.1, 0.15) is 36.4 Å². The fraction of sp³-hybridized carbons (Fsp3) is 0.500. The van der Waals surface area contributed by atoms with Crippen LogP contribution in [0.4, 0.5) is 0 Å². The molecule has 18 heavy (non-hydrogen) atoms. The lowest BCUT2D eigenvalue weighted by molar-refractivity contribution is -0.121. The first-order chi connectivity index (χ1) is 8.72. The molecule has 1 amide bonds. The van der Waals surface area contributed by atoms with Crippen LogP contribution in [0.5, 0.6) is 5.75 Å². The minimum absolute atomic E-state index is 0.00324. The van der Waals surface area contributed by atoms with Crippen molar-refractivity contribution in [3.8, 4) is 5.75 Å². The van der Waals surface area contributed by atoms with Crippen LogP contribution < -0.4 is 15.8 Å². The molecule has 1 atom stereocenters. The summed E-state index contributed by atoms with van der Waals surface area (Å²) in [7, 11) is 1.63. The summed E-state index contributed by atoms with van der Waals surface area (Å²) >= 11 is 0. The van der Waals surface area contributed by atoms with Gasteiger partial charge in [-0.2, -0.15) is 0 Å². The van der Waals surface area contributed by atoms with Crippen molar-refractivity contribution >= 4 is 5.91 Å². The quantitative estimate of drug-likeness (QED) is 0.849. The highest BCUT2D eigenvalue weighted by Gasteiger charge is 2.19. The number of rotatable bonds is 4. The van der Waals surface area contributed by atoms with Gasteiger partial charge in [-0.3, -0.25) is 4.79 Å². The molecule has 98 valence electrons. The minimum Gasteiger partial charge on any atom is -0.493 e. The van der Waals surface area contributed by atoms with Crippen LogP contribution in [0.25, 0.3) is 0 Å². The Labute approximate surface area is 108 Å². The zero-order valence-electron chi connectivity index (χ0n) is 10.7. The first-order valence-corrected chi connectivity index (χ1v) is 6.43. The Hall–Kier alpha value is -1.55. The summed E-state index contributed by atoms with van der Waals surface area (Å²) in [5.74, 6) is 0.878. The van der Waals surface area contributed by atoms with Crippen molar-refractivity contribution in [2.75, 3.05) is 13.7 Å². The van der Waals surface area contributed by atoms with E-state index in [1.165, 1.54) is 11.1 Å². The standard InChI is InChI=1S/C14H20N2O2/c1-16-14(17)8-9-18-13-7-3-4-10-11(13)5-2-6-12(10)15/h3-4,7,12H,2,5-6,8-9,15H2,1H3,(H,16,17). The van der Waals surface area contributed by atoms with Crippen molar-refractivity contribution in [2.24, 2.45) is 5.73 Å². The van der Waals surface area contributed by atoms with Gasteiger partial charge in [-0.25, -0.2) is 0 Å². The third-order valence-electron chi connectivity index (χ3n) is 3.38. The maximum absolute atomic E-state index is 11.1. The van der Waals surface area contributed by atoms with E-state index in [0.29, 0.717) is 13.0 Å². The van der Waals surface area contributed by atoms with Crippen LogP contribution in [0, 0.1) is 0 Å². The zero-order chi connectivity index (χ0) is 13.0. The summed E-state index contributed by atoms with van der Waals surface area (Å²) in [6.07, 6.45) is 3.53. The lowest BCUT2D eigenvalue weighted by Gasteiger charge is -2.24. The van der Waals surface area contributed by atoms with Crippen LogP contribution in [0.3, 0.4) is 0 Å². The number of ether oxygens (including phenoxy) is 1. The molecule has 2 rings (SSSR count). The van der Waals surface area contributed by atoms with E-state index in [1.807, 2.05) is 12.1 Å². The number of hydrogen-bond donors (Lipinski definition) is 2. The summed E-state index contributed by atoms with van der Waals surface area (Å²) in [4.78, 5) is 11.1. The van der Waals surface area contributed by atoms with Gasteiger partial charge >= 0.3 is 0 Å². The first kappa shape index (κ1) is 12.9. The van der Waals surface area contributed by atoms with Gasteiger partial charge in [-0.1, -0.05) is 12.1 Å². The maximum Gasteiger partial charge on any atom is 0.223 e. The van der Waals surface area contributed by atoms with Gasteiger partial charge in [0.2, 0.25) is 5.91 Å². The predicted molar refractivity (Wildman–Crippen MR) is 70.5 cm³/mol. The van der Waals surface area contributed by atoms with E-state index in [0.717, 1.165) is 25.0 Å². The molecule has 1 unspecified atom stereocenters. The predicted octanol–water partition coefficient (Wildman–Crippen LogP) is 1.54. The molecular weight excluding hydrogens is 228 g/mol. The lowest BCUT2D eigenvalue weighted by atomic mass is 9.87. The van der Waals surface area contributed by atoms with Gasteiger partial charge in [0.25, 0.3) is 0 Å². The second-order valence-corrected chi connectivity index (χ2v) is 4.59. The van der Waals surface area contributed by atoms with Crippen molar-refractivity contribution < 1.29 is 9.53 Å². The molecule has 4 nitrogen and oxygen atoms in total.